The fourth-order valence-corrected chi connectivity index (χ4v) is 0.558. The summed E-state index contributed by atoms with van der Waals surface area (Å²) in [5, 5.41) is 8.73. The third-order valence-electron chi connectivity index (χ3n) is 0.803. The first kappa shape index (κ1) is 17.5. The molecule has 1 aromatic heterocycles. The van der Waals surface area contributed by atoms with Gasteiger partial charge in [0.1, 0.15) is 4.64 Å². The average Bonchev–Trinajstić information content (AvgIpc) is 1.77. The summed E-state index contributed by atoms with van der Waals surface area (Å²) < 4.78 is 1.32. The standard InChI is InChI=1S/C5H5NOS.2ClH.Zn/c7-6-4-2-1-3-5(6)8;;;/h1-4,7H;2*1H;/q;;;+2/p-2. The Kier molecular flexibility index (Phi) is 13.4. The summed E-state index contributed by atoms with van der Waals surface area (Å²) in [6, 6.07) is 5.13. The molecule has 0 atom stereocenters. The number of aromatic nitrogens is 1. The quantitative estimate of drug-likeness (QED) is 0.290. The third-order valence-corrected chi connectivity index (χ3v) is 1.13. The number of hydrogen-bond donors (Lipinski definition) is 1. The summed E-state index contributed by atoms with van der Waals surface area (Å²) >= 11 is 4.67. The maximum Gasteiger partial charge on any atom is 2.00 e. The number of halogens is 2. The van der Waals surface area contributed by atoms with Crippen molar-refractivity contribution in [3.63, 3.8) is 0 Å². The smallest absolute Gasteiger partial charge is 1.00 e. The molecule has 2 nitrogen and oxygen atoms in total. The molecule has 1 rings (SSSR count). The zero-order chi connectivity index (χ0) is 5.98. The van der Waals surface area contributed by atoms with Crippen LogP contribution in [0.3, 0.4) is 0 Å². The van der Waals surface area contributed by atoms with Gasteiger partial charge in [0, 0.05) is 6.20 Å². The molecule has 0 aliphatic heterocycles. The molecule has 1 N–H and O–H groups in total. The Bertz CT molecular complexity index is 242. The number of pyridine rings is 1. The summed E-state index contributed by atoms with van der Waals surface area (Å²) in [6.45, 7) is 0. The molecule has 0 fully saturated rings. The second-order valence-electron chi connectivity index (χ2n) is 1.38. The van der Waals surface area contributed by atoms with E-state index in [0.717, 1.165) is 4.73 Å². The van der Waals surface area contributed by atoms with Crippen LogP contribution < -0.4 is 24.8 Å². The van der Waals surface area contributed by atoms with Crippen LogP contribution in [-0.4, -0.2) is 9.94 Å². The van der Waals surface area contributed by atoms with E-state index in [1.165, 1.54) is 6.20 Å². The normalized spacial score (nSPS) is 6.55. The Morgan fingerprint density at radius 2 is 1.82 bits per heavy atom. The molecule has 1 heterocycles. The molecule has 0 saturated heterocycles. The van der Waals surface area contributed by atoms with Crippen LogP contribution in [0.15, 0.2) is 24.4 Å². The first-order chi connectivity index (χ1) is 3.80. The summed E-state index contributed by atoms with van der Waals surface area (Å²) in [6.07, 6.45) is 1.49. The fraction of sp³-hybridized carbons (Fsp3) is 0. The van der Waals surface area contributed by atoms with Gasteiger partial charge in [0.25, 0.3) is 0 Å². The average molecular weight is 263 g/mol. The number of hydrogen-bond acceptors (Lipinski definition) is 2. The van der Waals surface area contributed by atoms with Crippen molar-refractivity contribution in [2.75, 3.05) is 0 Å². The predicted molar refractivity (Wildman–Crippen MR) is 32.5 cm³/mol. The van der Waals surface area contributed by atoms with E-state index in [-0.39, 0.29) is 44.3 Å². The van der Waals surface area contributed by atoms with Crippen LogP contribution in [0.5, 0.6) is 0 Å². The molecule has 1 aromatic rings. The maximum absolute atomic E-state index is 8.73. The molecule has 0 aliphatic carbocycles. The molecule has 0 bridgehead atoms. The van der Waals surface area contributed by atoms with Gasteiger partial charge in [-0.25, -0.2) is 0 Å². The van der Waals surface area contributed by atoms with Crippen LogP contribution in [0.2, 0.25) is 0 Å². The molecule has 0 saturated carbocycles. The molecular formula is C5H5Cl2NOSZn. The number of nitrogens with zero attached hydrogens (tertiary/aromatic N) is 1. The Morgan fingerprint density at radius 3 is 2.09 bits per heavy atom. The van der Waals surface area contributed by atoms with Crippen molar-refractivity contribution in [2.45, 2.75) is 0 Å². The minimum atomic E-state index is 0. The van der Waals surface area contributed by atoms with Gasteiger partial charge in [-0.2, -0.15) is 4.73 Å². The van der Waals surface area contributed by atoms with Crippen molar-refractivity contribution < 1.29 is 49.5 Å². The van der Waals surface area contributed by atoms with Crippen LogP contribution in [0.4, 0.5) is 0 Å². The van der Waals surface area contributed by atoms with Crippen molar-refractivity contribution in [3.8, 4) is 0 Å². The summed E-state index contributed by atoms with van der Waals surface area (Å²) in [5.74, 6) is 0. The molecular weight excluding hydrogens is 258 g/mol. The van der Waals surface area contributed by atoms with Crippen molar-refractivity contribution in [1.29, 1.82) is 0 Å². The van der Waals surface area contributed by atoms with Crippen LogP contribution >= 0.6 is 12.2 Å². The van der Waals surface area contributed by atoms with Gasteiger partial charge < -0.3 is 30.0 Å². The van der Waals surface area contributed by atoms with Gasteiger partial charge in [-0.1, -0.05) is 18.3 Å². The largest absolute Gasteiger partial charge is 2.00 e. The van der Waals surface area contributed by atoms with Crippen LogP contribution in [-0.2, 0) is 19.5 Å². The Morgan fingerprint density at radius 1 is 1.27 bits per heavy atom. The van der Waals surface area contributed by atoms with E-state index in [9.17, 15) is 0 Å². The van der Waals surface area contributed by atoms with Crippen LogP contribution in [0.1, 0.15) is 0 Å². The van der Waals surface area contributed by atoms with Gasteiger partial charge in [0.05, 0.1) is 0 Å². The zero-order valence-electron chi connectivity index (χ0n) is 5.58. The molecule has 58 valence electrons. The summed E-state index contributed by atoms with van der Waals surface area (Å²) in [5.41, 5.74) is 0. The van der Waals surface area contributed by atoms with Gasteiger partial charge in [-0.15, -0.1) is 0 Å². The fourth-order valence-electron chi connectivity index (χ4n) is 0.419. The minimum Gasteiger partial charge on any atom is -1.00 e. The van der Waals surface area contributed by atoms with Crippen molar-refractivity contribution in [1.82, 2.24) is 4.73 Å². The molecule has 6 heteroatoms. The van der Waals surface area contributed by atoms with Crippen molar-refractivity contribution in [3.05, 3.63) is 29.0 Å². The monoisotopic (exact) mass is 261 g/mol. The van der Waals surface area contributed by atoms with E-state index in [4.69, 9.17) is 5.21 Å². The van der Waals surface area contributed by atoms with Gasteiger partial charge in [0.2, 0.25) is 0 Å². The van der Waals surface area contributed by atoms with Gasteiger partial charge in [-0.3, -0.25) is 0 Å². The molecule has 0 aliphatic rings. The Balaban J connectivity index is -0.000000213. The summed E-state index contributed by atoms with van der Waals surface area (Å²) in [4.78, 5) is 0. The molecule has 0 amide bonds. The van der Waals surface area contributed by atoms with E-state index in [2.05, 4.69) is 12.2 Å². The molecule has 11 heavy (non-hydrogen) atoms. The molecule has 0 aromatic carbocycles. The minimum absolute atomic E-state index is 0. The number of rotatable bonds is 0. The molecule has 0 unspecified atom stereocenters. The van der Waals surface area contributed by atoms with Crippen LogP contribution in [0.25, 0.3) is 0 Å². The topological polar surface area (TPSA) is 25.2 Å². The van der Waals surface area contributed by atoms with Gasteiger partial charge in [0.15, 0.2) is 0 Å². The zero-order valence-corrected chi connectivity index (χ0v) is 10.9. The molecule has 0 spiro atoms. The van der Waals surface area contributed by atoms with E-state index in [0.29, 0.717) is 4.64 Å². The van der Waals surface area contributed by atoms with E-state index >= 15 is 0 Å². The maximum atomic E-state index is 8.73. The molecule has 0 radical (unpaired) electrons. The van der Waals surface area contributed by atoms with Crippen LogP contribution in [0, 0.1) is 4.64 Å². The Labute approximate surface area is 95.2 Å². The van der Waals surface area contributed by atoms with Gasteiger partial charge in [-0.05, 0) is 12.1 Å². The van der Waals surface area contributed by atoms with Crippen molar-refractivity contribution in [2.24, 2.45) is 0 Å². The van der Waals surface area contributed by atoms with E-state index in [1.54, 1.807) is 18.2 Å². The van der Waals surface area contributed by atoms with Gasteiger partial charge >= 0.3 is 19.5 Å². The van der Waals surface area contributed by atoms with E-state index < -0.39 is 0 Å². The first-order valence-corrected chi connectivity index (χ1v) is 2.58. The first-order valence-electron chi connectivity index (χ1n) is 2.17. The Hall–Kier alpha value is 0.373. The SMILES string of the molecule is On1ccccc1=S.[Cl-].[Cl-].[Zn+2]. The summed E-state index contributed by atoms with van der Waals surface area (Å²) in [7, 11) is 0. The third kappa shape index (κ3) is 5.62. The predicted octanol–water partition coefficient (Wildman–Crippen LogP) is -4.54. The van der Waals surface area contributed by atoms with E-state index in [1.807, 2.05) is 0 Å². The van der Waals surface area contributed by atoms with Crippen molar-refractivity contribution >= 4 is 12.2 Å². The second kappa shape index (κ2) is 8.47. The second-order valence-corrected chi connectivity index (χ2v) is 1.80.